The van der Waals surface area contributed by atoms with Crippen LogP contribution in [0.15, 0.2) is 24.3 Å². The number of carbonyl (C=O) groups excluding carboxylic acids is 1. The van der Waals surface area contributed by atoms with Gasteiger partial charge in [-0.2, -0.15) is 0 Å². The molecule has 0 bridgehead atoms. The number of carbonyl (C=O) groups is 1. The summed E-state index contributed by atoms with van der Waals surface area (Å²) in [4.78, 5) is 21.5. The van der Waals surface area contributed by atoms with E-state index in [4.69, 9.17) is 14.9 Å². The Balaban J connectivity index is 2.30. The summed E-state index contributed by atoms with van der Waals surface area (Å²) in [5.74, 6) is -0.539. The topological polar surface area (TPSA) is 110 Å². The van der Waals surface area contributed by atoms with E-state index in [0.717, 1.165) is 0 Å². The van der Waals surface area contributed by atoms with Crippen molar-refractivity contribution < 1.29 is 24.7 Å². The Kier molecular flexibility index (Phi) is 6.61. The standard InChI is InChI=1S/C13H17NO6/c15-9-12(16)3-1-2-8-20-13(17)10-4-6-11(7-5-10)14(18)19/h4-7,12,15-16H,1-3,8-9H2/t12-/m1/s1. The summed E-state index contributed by atoms with van der Waals surface area (Å²) in [6.07, 6.45) is 0.928. The highest BCUT2D eigenvalue weighted by molar-refractivity contribution is 5.89. The summed E-state index contributed by atoms with van der Waals surface area (Å²) < 4.78 is 4.99. The van der Waals surface area contributed by atoms with E-state index in [0.29, 0.717) is 19.3 Å². The second-order valence-corrected chi connectivity index (χ2v) is 4.27. The van der Waals surface area contributed by atoms with Crippen LogP contribution in [0.4, 0.5) is 5.69 Å². The summed E-state index contributed by atoms with van der Waals surface area (Å²) >= 11 is 0. The number of aliphatic hydroxyl groups is 2. The number of nitro benzene ring substituents is 1. The van der Waals surface area contributed by atoms with E-state index in [1.807, 2.05) is 0 Å². The maximum atomic E-state index is 11.6. The van der Waals surface area contributed by atoms with Crippen LogP contribution in [0.1, 0.15) is 29.6 Å². The number of ether oxygens (including phenoxy) is 1. The van der Waals surface area contributed by atoms with E-state index in [1.165, 1.54) is 24.3 Å². The van der Waals surface area contributed by atoms with Gasteiger partial charge in [-0.05, 0) is 31.4 Å². The average Bonchev–Trinajstić information content (AvgIpc) is 2.46. The van der Waals surface area contributed by atoms with E-state index in [2.05, 4.69) is 0 Å². The first-order valence-electron chi connectivity index (χ1n) is 6.25. The molecule has 7 heteroatoms. The molecule has 0 heterocycles. The van der Waals surface area contributed by atoms with Gasteiger partial charge in [-0.25, -0.2) is 4.79 Å². The van der Waals surface area contributed by atoms with Crippen molar-refractivity contribution in [1.82, 2.24) is 0 Å². The summed E-state index contributed by atoms with van der Waals surface area (Å²) in [5, 5.41) is 28.2. The molecule has 0 radical (unpaired) electrons. The fourth-order valence-electron chi connectivity index (χ4n) is 1.54. The first kappa shape index (κ1) is 16.1. The van der Waals surface area contributed by atoms with Gasteiger partial charge in [0.25, 0.3) is 5.69 Å². The van der Waals surface area contributed by atoms with Gasteiger partial charge >= 0.3 is 5.97 Å². The van der Waals surface area contributed by atoms with Gasteiger partial charge in [-0.3, -0.25) is 10.1 Å². The van der Waals surface area contributed by atoms with E-state index >= 15 is 0 Å². The third kappa shape index (κ3) is 5.33. The lowest BCUT2D eigenvalue weighted by molar-refractivity contribution is -0.384. The molecule has 2 N–H and O–H groups in total. The van der Waals surface area contributed by atoms with Crippen molar-refractivity contribution in [2.45, 2.75) is 25.4 Å². The van der Waals surface area contributed by atoms with Crippen LogP contribution in [0, 0.1) is 10.1 Å². The molecule has 20 heavy (non-hydrogen) atoms. The Morgan fingerprint density at radius 2 is 1.95 bits per heavy atom. The maximum absolute atomic E-state index is 11.6. The van der Waals surface area contributed by atoms with E-state index in [-0.39, 0.29) is 24.5 Å². The van der Waals surface area contributed by atoms with Gasteiger partial charge in [0.1, 0.15) is 0 Å². The summed E-state index contributed by atoms with van der Waals surface area (Å²) in [6.45, 7) is -0.0729. The zero-order chi connectivity index (χ0) is 15.0. The zero-order valence-electron chi connectivity index (χ0n) is 10.9. The molecule has 0 fully saturated rings. The third-order valence-corrected chi connectivity index (χ3v) is 2.69. The number of benzene rings is 1. The lowest BCUT2D eigenvalue weighted by Gasteiger charge is -2.07. The Bertz CT molecular complexity index is 445. The molecule has 1 aromatic carbocycles. The monoisotopic (exact) mass is 283 g/mol. The van der Waals surface area contributed by atoms with Crippen LogP contribution >= 0.6 is 0 Å². The molecule has 0 saturated carbocycles. The number of hydrogen-bond donors (Lipinski definition) is 2. The number of esters is 1. The first-order chi connectivity index (χ1) is 9.54. The largest absolute Gasteiger partial charge is 0.462 e. The highest BCUT2D eigenvalue weighted by atomic mass is 16.6. The van der Waals surface area contributed by atoms with Crippen molar-refractivity contribution >= 4 is 11.7 Å². The van der Waals surface area contributed by atoms with Crippen molar-refractivity contribution in [2.75, 3.05) is 13.2 Å². The summed E-state index contributed by atoms with van der Waals surface area (Å²) in [6, 6.07) is 5.17. The maximum Gasteiger partial charge on any atom is 0.338 e. The van der Waals surface area contributed by atoms with Crippen molar-refractivity contribution in [3.05, 3.63) is 39.9 Å². The molecule has 0 aliphatic heterocycles. The fourth-order valence-corrected chi connectivity index (χ4v) is 1.54. The van der Waals surface area contributed by atoms with Gasteiger partial charge in [-0.15, -0.1) is 0 Å². The van der Waals surface area contributed by atoms with Crippen LogP contribution in [0.5, 0.6) is 0 Å². The van der Waals surface area contributed by atoms with Crippen LogP contribution < -0.4 is 0 Å². The number of rotatable bonds is 8. The smallest absolute Gasteiger partial charge is 0.338 e. The predicted octanol–water partition coefficient (Wildman–Crippen LogP) is 1.28. The second kappa shape index (κ2) is 8.23. The normalized spacial score (nSPS) is 11.9. The molecule has 0 unspecified atom stereocenters. The predicted molar refractivity (Wildman–Crippen MR) is 70.3 cm³/mol. The number of nitro groups is 1. The van der Waals surface area contributed by atoms with Gasteiger partial charge in [0.05, 0.1) is 29.8 Å². The van der Waals surface area contributed by atoms with Gasteiger partial charge in [-0.1, -0.05) is 0 Å². The summed E-state index contributed by atoms with van der Waals surface area (Å²) in [7, 11) is 0. The molecule has 0 aliphatic rings. The van der Waals surface area contributed by atoms with E-state index in [1.54, 1.807) is 0 Å². The number of hydrogen-bond acceptors (Lipinski definition) is 6. The van der Waals surface area contributed by atoms with Crippen LogP contribution in [0.2, 0.25) is 0 Å². The molecule has 0 aromatic heterocycles. The molecule has 1 atom stereocenters. The minimum atomic E-state index is -0.736. The fraction of sp³-hybridized carbons (Fsp3) is 0.462. The van der Waals surface area contributed by atoms with Crippen molar-refractivity contribution in [3.63, 3.8) is 0 Å². The molecular formula is C13H17NO6. The van der Waals surface area contributed by atoms with Gasteiger partial charge in [0.15, 0.2) is 0 Å². The number of unbranched alkanes of at least 4 members (excludes halogenated alkanes) is 1. The SMILES string of the molecule is O=C(OCCCC[C@@H](O)CO)c1ccc([N+](=O)[O-])cc1. The second-order valence-electron chi connectivity index (χ2n) is 4.27. The van der Waals surface area contributed by atoms with Gasteiger partial charge < -0.3 is 14.9 Å². The Labute approximate surface area is 116 Å². The lowest BCUT2D eigenvalue weighted by atomic mass is 10.2. The molecule has 1 rings (SSSR count). The van der Waals surface area contributed by atoms with Crippen molar-refractivity contribution in [3.8, 4) is 0 Å². The van der Waals surface area contributed by atoms with E-state index < -0.39 is 17.0 Å². The molecule has 0 amide bonds. The third-order valence-electron chi connectivity index (χ3n) is 2.69. The molecule has 7 nitrogen and oxygen atoms in total. The number of non-ortho nitro benzene ring substituents is 1. The van der Waals surface area contributed by atoms with Crippen molar-refractivity contribution in [1.29, 1.82) is 0 Å². The van der Waals surface area contributed by atoms with Crippen LogP contribution in [0.25, 0.3) is 0 Å². The number of nitrogens with zero attached hydrogens (tertiary/aromatic N) is 1. The highest BCUT2D eigenvalue weighted by Crippen LogP contribution is 2.12. The highest BCUT2D eigenvalue weighted by Gasteiger charge is 2.10. The van der Waals surface area contributed by atoms with E-state index in [9.17, 15) is 14.9 Å². The quantitative estimate of drug-likeness (QED) is 0.322. The minimum absolute atomic E-state index is 0.0838. The molecule has 0 aliphatic carbocycles. The average molecular weight is 283 g/mol. The van der Waals surface area contributed by atoms with Crippen molar-refractivity contribution in [2.24, 2.45) is 0 Å². The Morgan fingerprint density at radius 3 is 2.50 bits per heavy atom. The number of aliphatic hydroxyl groups excluding tert-OH is 2. The molecule has 0 spiro atoms. The molecule has 0 saturated heterocycles. The lowest BCUT2D eigenvalue weighted by Crippen LogP contribution is -2.12. The Hall–Kier alpha value is -1.99. The molecule has 110 valence electrons. The van der Waals surface area contributed by atoms with Gasteiger partial charge in [0.2, 0.25) is 0 Å². The molecule has 1 aromatic rings. The zero-order valence-corrected chi connectivity index (χ0v) is 10.9. The summed E-state index contributed by atoms with van der Waals surface area (Å²) in [5.41, 5.74) is 0.172. The van der Waals surface area contributed by atoms with Crippen LogP contribution in [-0.2, 0) is 4.74 Å². The van der Waals surface area contributed by atoms with Crippen LogP contribution in [0.3, 0.4) is 0 Å². The first-order valence-corrected chi connectivity index (χ1v) is 6.25. The van der Waals surface area contributed by atoms with Gasteiger partial charge in [0, 0.05) is 12.1 Å². The minimum Gasteiger partial charge on any atom is -0.462 e. The molecular weight excluding hydrogens is 266 g/mol. The Morgan fingerprint density at radius 1 is 1.30 bits per heavy atom. The van der Waals surface area contributed by atoms with Crippen LogP contribution in [-0.4, -0.2) is 40.4 Å².